The van der Waals surface area contributed by atoms with Crippen LogP contribution in [0.15, 0.2) is 39.9 Å². The van der Waals surface area contributed by atoms with Crippen molar-refractivity contribution in [2.75, 3.05) is 41.8 Å². The fourth-order valence-electron chi connectivity index (χ4n) is 21.0. The first-order valence-electron chi connectivity index (χ1n) is 49.6. The number of likely N-dealkylation sites (N-methyl/N-ethyl adjacent to an activating group) is 5. The molecule has 13 rings (SSSR count). The van der Waals surface area contributed by atoms with Crippen LogP contribution in [0.25, 0.3) is 0 Å². The van der Waals surface area contributed by atoms with Gasteiger partial charge in [0.05, 0.1) is 124 Å². The highest BCUT2D eigenvalue weighted by Gasteiger charge is 2.73. The molecule has 0 N–H and O–H groups in total. The van der Waals surface area contributed by atoms with Crippen molar-refractivity contribution in [2.45, 2.75) is 582 Å². The van der Waals surface area contributed by atoms with Crippen molar-refractivity contribution in [1.82, 2.24) is 29.4 Å². The number of fused-ring (bicyclic) bond motifs is 3. The summed E-state index contributed by atoms with van der Waals surface area (Å²) in [6.07, 6.45) is 1.33. The quantitative estimate of drug-likeness (QED) is 0.231. The summed E-state index contributed by atoms with van der Waals surface area (Å²) in [4.78, 5) is 51.2. The number of ether oxygens (including phenoxy) is 3. The molecule has 17 heteroatoms. The minimum absolute atomic E-state index is 0.0475. The van der Waals surface area contributed by atoms with E-state index in [1.807, 2.05) is 13.8 Å². The number of amidine groups is 5. The molecule has 0 unspecified atom stereocenters. The van der Waals surface area contributed by atoms with Gasteiger partial charge < -0.3 is 38.7 Å². The molecule has 13 aliphatic rings. The molecule has 0 aromatic carbocycles. The Kier molecular flexibility index (Phi) is 33.2. The molecule has 0 aromatic rings. The lowest BCUT2D eigenvalue weighted by atomic mass is 9.37. The lowest BCUT2D eigenvalue weighted by molar-refractivity contribution is -0.339. The summed E-state index contributed by atoms with van der Waals surface area (Å²) >= 11 is 0. The first-order chi connectivity index (χ1) is 55.5. The van der Waals surface area contributed by atoms with E-state index in [0.717, 1.165) is 29.2 Å². The van der Waals surface area contributed by atoms with Gasteiger partial charge in [-0.1, -0.05) is 132 Å². The lowest BCUT2D eigenvalue weighted by Gasteiger charge is -2.79. The molecular weight excluding hydrogens is 1590 g/mol. The molecule has 5 fully saturated rings. The van der Waals surface area contributed by atoms with Crippen LogP contribution in [-0.4, -0.2) is 229 Å². The van der Waals surface area contributed by atoms with Crippen LogP contribution in [0.3, 0.4) is 0 Å². The third-order valence-electron chi connectivity index (χ3n) is 43.6. The van der Waals surface area contributed by atoms with E-state index in [4.69, 9.17) is 29.2 Å². The van der Waals surface area contributed by atoms with Crippen LogP contribution in [-0.2, 0) is 14.2 Å². The monoisotopic (exact) mass is 1810 g/mol. The number of nitrogens with zero attached hydrogens (tertiary/aromatic N) is 14. The maximum Gasteiger partial charge on any atom is 0.164 e. The molecule has 0 atom stereocenters. The normalized spacial score (nSPS) is 31.1. The summed E-state index contributed by atoms with van der Waals surface area (Å²) in [5.41, 5.74) is 8.21. The van der Waals surface area contributed by atoms with Gasteiger partial charge in [-0.05, 0) is 378 Å². The Labute approximate surface area is 802 Å². The molecule has 0 aliphatic carbocycles. The Morgan fingerprint density at radius 3 is 0.434 bits per heavy atom. The van der Waals surface area contributed by atoms with Crippen molar-refractivity contribution in [3.05, 3.63) is 0 Å². The van der Waals surface area contributed by atoms with Gasteiger partial charge in [-0.3, -0.25) is 44.8 Å². The highest BCUT2D eigenvalue weighted by Crippen LogP contribution is 2.72. The van der Waals surface area contributed by atoms with Gasteiger partial charge in [0, 0.05) is 85.1 Å². The number of hydrogen-bond donors (Lipinski definition) is 0. The predicted molar refractivity (Wildman–Crippen MR) is 572 cm³/mol. The van der Waals surface area contributed by atoms with E-state index in [9.17, 15) is 0 Å². The molecule has 0 spiro atoms. The van der Waals surface area contributed by atoms with Crippen LogP contribution >= 0.6 is 0 Å². The fraction of sp³-hybridized carbons (Fsp3) is 0.929. The average Bonchev–Trinajstić information content (AvgIpc) is 1.57. The molecule has 129 heavy (non-hydrogen) atoms. The van der Waals surface area contributed by atoms with E-state index in [2.05, 4.69) is 540 Å². The first kappa shape index (κ1) is 121. The second-order valence-electron chi connectivity index (χ2n) is 56.2. The summed E-state index contributed by atoms with van der Waals surface area (Å²) in [7, 11) is 10.5. The van der Waals surface area contributed by atoms with Crippen LogP contribution < -0.4 is 0 Å². The first-order valence-corrected chi connectivity index (χ1v) is 49.6. The van der Waals surface area contributed by atoms with E-state index in [1.54, 1.807) is 0 Å². The largest absolute Gasteiger partial charge is 0.368 e. The van der Waals surface area contributed by atoms with Gasteiger partial charge >= 0.3 is 0 Å². The van der Waals surface area contributed by atoms with Crippen molar-refractivity contribution in [2.24, 2.45) is 94.1 Å². The zero-order chi connectivity index (χ0) is 104. The molecule has 0 aromatic heterocycles. The van der Waals surface area contributed by atoms with Gasteiger partial charge in [-0.15, -0.1) is 0 Å². The number of rotatable bonds is 0. The van der Waals surface area contributed by atoms with E-state index >= 15 is 0 Å². The second kappa shape index (κ2) is 35.3. The predicted octanol–water partition coefficient (Wildman–Crippen LogP) is 28.7. The Hall–Kier alpha value is -3.80. The Balaban J connectivity index is 0.000000482. The number of piperidine rings is 3. The highest BCUT2D eigenvalue weighted by molar-refractivity contribution is 5.92. The van der Waals surface area contributed by atoms with Gasteiger partial charge in [0.25, 0.3) is 0 Å². The maximum absolute atomic E-state index is 5.73. The molecule has 13 aliphatic heterocycles. The van der Waals surface area contributed by atoms with E-state index in [0.29, 0.717) is 21.7 Å². The Morgan fingerprint density at radius 1 is 0.194 bits per heavy atom. The molecule has 2 bridgehead atoms. The molecule has 0 amide bonds. The maximum atomic E-state index is 5.73. The third kappa shape index (κ3) is 20.3. The Morgan fingerprint density at radius 2 is 0.364 bits per heavy atom. The van der Waals surface area contributed by atoms with Gasteiger partial charge in [0.2, 0.25) is 0 Å². The average molecular weight is 1810 g/mol. The summed E-state index contributed by atoms with van der Waals surface area (Å²) < 4.78 is 17.2. The molecule has 0 radical (unpaired) electrons. The van der Waals surface area contributed by atoms with E-state index in [-0.39, 0.29) is 138 Å². The standard InChI is InChI=1S/C16H31N.3C11H21N.5C9H18N2.C9H18O2.C9H18O/c1-12(2)14(5,6)17-11-10-16(12,9)13(3,4)15(17,7)8;3*1-8-9(2,3)10(4,5)11(6,7)12-8;5*1-7-10-8(2,3)9(4,5)11(7)6;1-7(2)8(3,4)11-9(5,6)10-7;1-7(2)8(3,4)10-9(7,5)6/h10-11H2,1-9H3;3*1-7H3;6*1-6H3;1-6H3. The van der Waals surface area contributed by atoms with Crippen molar-refractivity contribution in [3.8, 4) is 0 Å². The minimum atomic E-state index is -0.438. The van der Waals surface area contributed by atoms with Gasteiger partial charge in [0.1, 0.15) is 0 Å². The summed E-state index contributed by atoms with van der Waals surface area (Å²) in [5, 5.41) is 0. The van der Waals surface area contributed by atoms with Crippen molar-refractivity contribution < 1.29 is 14.2 Å². The molecule has 0 saturated carbocycles. The molecular formula is C112H220N14O3. The SMILES string of the molecule is CC1(C)N2CCC(C)(C1(C)C)C(C)(C)C2(C)C.CC1(C)OC(C)(C)C(C)(C)O1.CC1(C)OC(C)(C)C1(C)C.CC1=NC(C)(C)C(C)(C)C1(C)C.CC1=NC(C)(C)C(C)(C)C1(C)C.CC1=NC(C)(C)C(C)(C)C1(C)C.CC1=NC(C)(C)C(C)(C)N1C.CC1=NC(C)(C)C(C)(C)N1C.CC1=NC(C)(C)C(C)(C)N1C.CC1=NC(C)(C)C(C)(C)N1C.CC1=NC(C)(C)C(C)(C)N1C. The van der Waals surface area contributed by atoms with Gasteiger partial charge in [-0.2, -0.15) is 0 Å². The third-order valence-corrected chi connectivity index (χ3v) is 43.6. The van der Waals surface area contributed by atoms with Crippen molar-refractivity contribution in [1.29, 1.82) is 0 Å². The van der Waals surface area contributed by atoms with Crippen molar-refractivity contribution >= 4 is 46.3 Å². The van der Waals surface area contributed by atoms with Gasteiger partial charge in [0.15, 0.2) is 5.79 Å². The second-order valence-corrected chi connectivity index (χ2v) is 56.2. The minimum Gasteiger partial charge on any atom is -0.368 e. The highest BCUT2D eigenvalue weighted by atomic mass is 16.8. The van der Waals surface area contributed by atoms with E-state index < -0.39 is 5.79 Å². The molecule has 17 nitrogen and oxygen atoms in total. The molecule has 5 saturated heterocycles. The van der Waals surface area contributed by atoms with Gasteiger partial charge in [-0.25, -0.2) is 0 Å². The summed E-state index contributed by atoms with van der Waals surface area (Å²) in [6.45, 7) is 151. The molecule has 756 valence electrons. The lowest BCUT2D eigenvalue weighted by Crippen LogP contribution is -2.82. The van der Waals surface area contributed by atoms with Crippen LogP contribution in [0, 0.1) is 54.1 Å². The Bertz CT molecular complexity index is 3770. The van der Waals surface area contributed by atoms with Crippen LogP contribution in [0.1, 0.15) is 470 Å². The summed E-state index contributed by atoms with van der Waals surface area (Å²) in [6, 6.07) is 0. The molecule has 13 heterocycles. The summed E-state index contributed by atoms with van der Waals surface area (Å²) in [5.74, 6) is 5.26. The number of aliphatic imine (C=N–C) groups is 8. The van der Waals surface area contributed by atoms with E-state index in [1.165, 1.54) is 30.1 Å². The van der Waals surface area contributed by atoms with Crippen LogP contribution in [0.2, 0.25) is 0 Å². The smallest absolute Gasteiger partial charge is 0.164 e. The zero-order valence-electron chi connectivity index (χ0n) is 99.9. The zero-order valence-corrected chi connectivity index (χ0v) is 99.9. The van der Waals surface area contributed by atoms with Crippen LogP contribution in [0.4, 0.5) is 0 Å². The fourth-order valence-corrected chi connectivity index (χ4v) is 21.0. The van der Waals surface area contributed by atoms with Crippen LogP contribution in [0.5, 0.6) is 0 Å². The van der Waals surface area contributed by atoms with Crippen molar-refractivity contribution in [3.63, 3.8) is 0 Å². The topological polar surface area (TPSA) is 146 Å². The number of hydrogen-bond acceptors (Lipinski definition) is 17.